The van der Waals surface area contributed by atoms with E-state index in [9.17, 15) is 4.79 Å². The van der Waals surface area contributed by atoms with Crippen molar-refractivity contribution in [3.8, 4) is 11.5 Å². The summed E-state index contributed by atoms with van der Waals surface area (Å²) in [6, 6.07) is 20.0. The molecule has 0 bridgehead atoms. The van der Waals surface area contributed by atoms with Crippen LogP contribution in [0.2, 0.25) is 0 Å². The second-order valence-corrected chi connectivity index (χ2v) is 8.27. The summed E-state index contributed by atoms with van der Waals surface area (Å²) in [4.78, 5) is 13.8. The van der Waals surface area contributed by atoms with E-state index >= 15 is 0 Å². The van der Waals surface area contributed by atoms with E-state index in [4.69, 9.17) is 4.42 Å². The zero-order valence-corrected chi connectivity index (χ0v) is 17.8. The zero-order chi connectivity index (χ0) is 20.9. The Kier molecular flexibility index (Phi) is 6.05. The van der Waals surface area contributed by atoms with Crippen LogP contribution in [0, 0.1) is 13.8 Å². The molecule has 1 amide bonds. The monoisotopic (exact) mass is 417 g/mol. The highest BCUT2D eigenvalue weighted by Gasteiger charge is 2.18. The van der Waals surface area contributed by atoms with Gasteiger partial charge in [-0.25, -0.2) is 0 Å². The SMILES string of the molecule is Cc1ccc(-c2nnc(CCC(=O)NC(c3ccc(C)cc3)c3cccs3)o2)cc1. The highest BCUT2D eigenvalue weighted by Crippen LogP contribution is 2.26. The fourth-order valence-electron chi connectivity index (χ4n) is 3.15. The summed E-state index contributed by atoms with van der Waals surface area (Å²) in [6.45, 7) is 4.08. The molecule has 6 heteroatoms. The number of amides is 1. The lowest BCUT2D eigenvalue weighted by Gasteiger charge is -2.18. The van der Waals surface area contributed by atoms with Crippen LogP contribution in [-0.4, -0.2) is 16.1 Å². The van der Waals surface area contributed by atoms with Crippen molar-refractivity contribution < 1.29 is 9.21 Å². The predicted octanol–water partition coefficient (Wildman–Crippen LogP) is 5.25. The molecule has 0 aliphatic heterocycles. The molecule has 1 unspecified atom stereocenters. The summed E-state index contributed by atoms with van der Waals surface area (Å²) in [6.07, 6.45) is 0.680. The minimum Gasteiger partial charge on any atom is -0.421 e. The Morgan fingerprint density at radius 3 is 2.37 bits per heavy atom. The molecular weight excluding hydrogens is 394 g/mol. The molecule has 0 saturated carbocycles. The number of nitrogens with one attached hydrogen (secondary N) is 1. The van der Waals surface area contributed by atoms with Crippen LogP contribution >= 0.6 is 11.3 Å². The highest BCUT2D eigenvalue weighted by atomic mass is 32.1. The third kappa shape index (κ3) is 4.83. The van der Waals surface area contributed by atoms with Gasteiger partial charge in [0.2, 0.25) is 17.7 Å². The van der Waals surface area contributed by atoms with Gasteiger partial charge in [0.15, 0.2) is 0 Å². The van der Waals surface area contributed by atoms with Gasteiger partial charge in [-0.3, -0.25) is 4.79 Å². The van der Waals surface area contributed by atoms with Crippen molar-refractivity contribution in [3.63, 3.8) is 0 Å². The first-order valence-electron chi connectivity index (χ1n) is 9.87. The molecule has 0 fully saturated rings. The van der Waals surface area contributed by atoms with Crippen LogP contribution in [0.3, 0.4) is 0 Å². The molecule has 0 radical (unpaired) electrons. The van der Waals surface area contributed by atoms with Crippen molar-refractivity contribution in [1.29, 1.82) is 0 Å². The Bertz CT molecular complexity index is 1100. The fourth-order valence-corrected chi connectivity index (χ4v) is 3.96. The Labute approximate surface area is 179 Å². The summed E-state index contributed by atoms with van der Waals surface area (Å²) in [5.41, 5.74) is 4.30. The summed E-state index contributed by atoms with van der Waals surface area (Å²) in [5, 5.41) is 13.4. The Morgan fingerprint density at radius 2 is 1.70 bits per heavy atom. The lowest BCUT2D eigenvalue weighted by molar-refractivity contribution is -0.121. The van der Waals surface area contributed by atoms with Crippen LogP contribution in [0.4, 0.5) is 0 Å². The van der Waals surface area contributed by atoms with Crippen molar-refractivity contribution in [1.82, 2.24) is 15.5 Å². The summed E-state index contributed by atoms with van der Waals surface area (Å²) < 4.78 is 5.73. The largest absolute Gasteiger partial charge is 0.421 e. The van der Waals surface area contributed by atoms with Crippen molar-refractivity contribution in [2.24, 2.45) is 0 Å². The molecule has 2 heterocycles. The normalized spacial score (nSPS) is 11.9. The maximum atomic E-state index is 12.7. The van der Waals surface area contributed by atoms with Gasteiger partial charge in [0.05, 0.1) is 6.04 Å². The van der Waals surface area contributed by atoms with Crippen molar-refractivity contribution in [3.05, 3.63) is 93.5 Å². The molecule has 0 spiro atoms. The number of nitrogens with zero attached hydrogens (tertiary/aromatic N) is 2. The van der Waals surface area contributed by atoms with Crippen LogP contribution < -0.4 is 5.32 Å². The average Bonchev–Trinajstić information content (AvgIpc) is 3.44. The van der Waals surface area contributed by atoms with Crippen LogP contribution in [0.1, 0.15) is 39.9 Å². The molecule has 2 aromatic carbocycles. The van der Waals surface area contributed by atoms with Gasteiger partial charge >= 0.3 is 0 Å². The first-order chi connectivity index (χ1) is 14.6. The number of carbonyl (C=O) groups is 1. The van der Waals surface area contributed by atoms with Gasteiger partial charge in [-0.05, 0) is 43.0 Å². The number of aryl methyl sites for hydroxylation is 3. The number of hydrogen-bond acceptors (Lipinski definition) is 5. The molecule has 0 aliphatic carbocycles. The van der Waals surface area contributed by atoms with Gasteiger partial charge < -0.3 is 9.73 Å². The number of rotatable bonds is 7. The maximum Gasteiger partial charge on any atom is 0.247 e. The molecule has 2 aromatic heterocycles. The molecular formula is C24H23N3O2S. The highest BCUT2D eigenvalue weighted by molar-refractivity contribution is 7.10. The molecule has 5 nitrogen and oxygen atoms in total. The topological polar surface area (TPSA) is 68.0 Å². The van der Waals surface area contributed by atoms with Crippen LogP contribution in [0.15, 0.2) is 70.5 Å². The summed E-state index contributed by atoms with van der Waals surface area (Å²) in [7, 11) is 0. The van der Waals surface area contributed by atoms with E-state index in [2.05, 4.69) is 46.7 Å². The van der Waals surface area contributed by atoms with Gasteiger partial charge in [0.25, 0.3) is 0 Å². The first-order valence-corrected chi connectivity index (χ1v) is 10.8. The molecule has 1 atom stereocenters. The fraction of sp³-hybridized carbons (Fsp3) is 0.208. The molecule has 4 aromatic rings. The van der Waals surface area contributed by atoms with Crippen molar-refractivity contribution in [2.45, 2.75) is 32.7 Å². The third-order valence-corrected chi connectivity index (χ3v) is 5.81. The second kappa shape index (κ2) is 9.05. The van der Waals surface area contributed by atoms with E-state index in [1.54, 1.807) is 11.3 Å². The summed E-state index contributed by atoms with van der Waals surface area (Å²) >= 11 is 1.63. The number of benzene rings is 2. The van der Waals surface area contributed by atoms with Gasteiger partial charge in [-0.2, -0.15) is 0 Å². The molecule has 0 aliphatic rings. The molecule has 0 saturated heterocycles. The third-order valence-electron chi connectivity index (χ3n) is 4.88. The van der Waals surface area contributed by atoms with E-state index < -0.39 is 0 Å². The van der Waals surface area contributed by atoms with Crippen LogP contribution in [-0.2, 0) is 11.2 Å². The minimum atomic E-state index is -0.163. The van der Waals surface area contributed by atoms with E-state index in [0.717, 1.165) is 16.0 Å². The van der Waals surface area contributed by atoms with Gasteiger partial charge in [-0.1, -0.05) is 53.6 Å². The lowest BCUT2D eigenvalue weighted by Crippen LogP contribution is -2.29. The maximum absolute atomic E-state index is 12.7. The zero-order valence-electron chi connectivity index (χ0n) is 17.0. The average molecular weight is 418 g/mol. The smallest absolute Gasteiger partial charge is 0.247 e. The van der Waals surface area contributed by atoms with E-state index in [1.807, 2.05) is 48.7 Å². The van der Waals surface area contributed by atoms with Gasteiger partial charge in [0.1, 0.15) is 0 Å². The molecule has 4 rings (SSSR count). The van der Waals surface area contributed by atoms with E-state index in [1.165, 1.54) is 11.1 Å². The van der Waals surface area contributed by atoms with E-state index in [0.29, 0.717) is 18.2 Å². The van der Waals surface area contributed by atoms with Crippen molar-refractivity contribution in [2.75, 3.05) is 0 Å². The van der Waals surface area contributed by atoms with Crippen LogP contribution in [0.5, 0.6) is 0 Å². The number of aromatic nitrogens is 2. The number of thiophene rings is 1. The standard InChI is InChI=1S/C24H23N3O2S/c1-16-5-9-18(10-6-16)23(20-4-3-15-30-20)25-21(28)13-14-22-26-27-24(29-22)19-11-7-17(2)8-12-19/h3-12,15,23H,13-14H2,1-2H3,(H,25,28). The number of carbonyl (C=O) groups excluding carboxylic acids is 1. The van der Waals surface area contributed by atoms with E-state index in [-0.39, 0.29) is 18.4 Å². The summed E-state index contributed by atoms with van der Waals surface area (Å²) in [5.74, 6) is 0.884. The minimum absolute atomic E-state index is 0.0518. The Hall–Kier alpha value is -3.25. The second-order valence-electron chi connectivity index (χ2n) is 7.29. The number of hydrogen-bond donors (Lipinski definition) is 1. The quantitative estimate of drug-likeness (QED) is 0.446. The molecule has 1 N–H and O–H groups in total. The van der Waals surface area contributed by atoms with Crippen molar-refractivity contribution >= 4 is 17.2 Å². The Morgan fingerprint density at radius 1 is 1.00 bits per heavy atom. The molecule has 152 valence electrons. The van der Waals surface area contributed by atoms with Gasteiger partial charge in [0, 0.05) is 23.3 Å². The van der Waals surface area contributed by atoms with Crippen LogP contribution in [0.25, 0.3) is 11.5 Å². The molecule has 30 heavy (non-hydrogen) atoms. The lowest BCUT2D eigenvalue weighted by atomic mass is 10.0. The predicted molar refractivity (Wildman–Crippen MR) is 118 cm³/mol. The van der Waals surface area contributed by atoms with Gasteiger partial charge in [-0.15, -0.1) is 21.5 Å². The first kappa shape index (κ1) is 20.0. The Balaban J connectivity index is 1.40.